The summed E-state index contributed by atoms with van der Waals surface area (Å²) in [5.74, 6) is -0.172. The number of piperazine rings is 1. The molecule has 0 amide bonds. The third-order valence-corrected chi connectivity index (χ3v) is 3.89. The van der Waals surface area contributed by atoms with Crippen molar-refractivity contribution in [1.29, 1.82) is 0 Å². The predicted octanol–water partition coefficient (Wildman–Crippen LogP) is 1.38. The number of likely N-dealkylation sites (N-methyl/N-ethyl adjacent to an activating group) is 2. The molecule has 1 aliphatic rings. The Hall–Kier alpha value is -0.970. The third kappa shape index (κ3) is 2.71. The Bertz CT molecular complexity index is 422. The highest BCUT2D eigenvalue weighted by Gasteiger charge is 2.28. The Kier molecular flexibility index (Phi) is 4.00. The number of hydrogen-bond acceptors (Lipinski definition) is 3. The van der Waals surface area contributed by atoms with E-state index < -0.39 is 0 Å². The predicted molar refractivity (Wildman–Crippen MR) is 72.0 cm³/mol. The molecule has 0 saturated carbocycles. The summed E-state index contributed by atoms with van der Waals surface area (Å²) >= 11 is 0. The number of rotatable bonds is 2. The van der Waals surface area contributed by atoms with E-state index in [0.717, 1.165) is 25.2 Å². The second-order valence-corrected chi connectivity index (χ2v) is 5.34. The molecule has 2 rings (SSSR count). The summed E-state index contributed by atoms with van der Waals surface area (Å²) in [6.07, 6.45) is 0. The molecule has 2 N–H and O–H groups in total. The van der Waals surface area contributed by atoms with E-state index in [-0.39, 0.29) is 17.9 Å². The fraction of sp³-hybridized carbons (Fsp3) is 0.571. The average molecular weight is 251 g/mol. The number of halogens is 1. The Morgan fingerprint density at radius 1 is 1.33 bits per heavy atom. The molecule has 0 aliphatic carbocycles. The van der Waals surface area contributed by atoms with Crippen LogP contribution in [-0.4, -0.2) is 49.6 Å². The van der Waals surface area contributed by atoms with Crippen LogP contribution >= 0.6 is 0 Å². The van der Waals surface area contributed by atoms with Crippen molar-refractivity contribution < 1.29 is 4.39 Å². The molecule has 0 aromatic heterocycles. The SMILES string of the molecule is Cc1ccc(C(N)C2CN(C)CCN2C)cc1F. The van der Waals surface area contributed by atoms with Crippen LogP contribution in [0.15, 0.2) is 18.2 Å². The van der Waals surface area contributed by atoms with Gasteiger partial charge < -0.3 is 10.6 Å². The van der Waals surface area contributed by atoms with Crippen LogP contribution in [0.4, 0.5) is 4.39 Å². The molecule has 1 aromatic rings. The first-order valence-electron chi connectivity index (χ1n) is 6.39. The van der Waals surface area contributed by atoms with Crippen LogP contribution in [0, 0.1) is 12.7 Å². The van der Waals surface area contributed by atoms with Gasteiger partial charge in [-0.1, -0.05) is 12.1 Å². The minimum absolute atomic E-state index is 0.146. The van der Waals surface area contributed by atoms with Gasteiger partial charge in [0.15, 0.2) is 0 Å². The zero-order chi connectivity index (χ0) is 13.3. The molecule has 1 heterocycles. The summed E-state index contributed by atoms with van der Waals surface area (Å²) in [4.78, 5) is 4.54. The van der Waals surface area contributed by atoms with Crippen molar-refractivity contribution in [3.63, 3.8) is 0 Å². The van der Waals surface area contributed by atoms with Gasteiger partial charge in [0.1, 0.15) is 5.82 Å². The minimum atomic E-state index is -0.172. The molecule has 100 valence electrons. The lowest BCUT2D eigenvalue weighted by atomic mass is 9.96. The smallest absolute Gasteiger partial charge is 0.126 e. The Morgan fingerprint density at radius 3 is 2.72 bits per heavy atom. The summed E-state index contributed by atoms with van der Waals surface area (Å²) in [7, 11) is 4.19. The van der Waals surface area contributed by atoms with Gasteiger partial charge in [0.05, 0.1) is 0 Å². The molecular formula is C14H22FN3. The third-order valence-electron chi connectivity index (χ3n) is 3.89. The van der Waals surface area contributed by atoms with Crippen LogP contribution in [0.3, 0.4) is 0 Å². The lowest BCUT2D eigenvalue weighted by molar-refractivity contribution is 0.0973. The molecule has 3 nitrogen and oxygen atoms in total. The van der Waals surface area contributed by atoms with E-state index in [1.807, 2.05) is 6.07 Å². The van der Waals surface area contributed by atoms with Crippen molar-refractivity contribution in [2.75, 3.05) is 33.7 Å². The molecule has 18 heavy (non-hydrogen) atoms. The van der Waals surface area contributed by atoms with E-state index in [4.69, 9.17) is 5.73 Å². The number of benzene rings is 1. The lowest BCUT2D eigenvalue weighted by Crippen LogP contribution is -2.54. The molecule has 1 aliphatic heterocycles. The van der Waals surface area contributed by atoms with E-state index in [2.05, 4.69) is 23.9 Å². The molecule has 4 heteroatoms. The molecule has 1 fully saturated rings. The van der Waals surface area contributed by atoms with Crippen molar-refractivity contribution in [3.8, 4) is 0 Å². The van der Waals surface area contributed by atoms with Crippen molar-refractivity contribution in [2.24, 2.45) is 5.73 Å². The number of hydrogen-bond donors (Lipinski definition) is 1. The van der Waals surface area contributed by atoms with E-state index in [1.165, 1.54) is 0 Å². The van der Waals surface area contributed by atoms with Gasteiger partial charge >= 0.3 is 0 Å². The van der Waals surface area contributed by atoms with Gasteiger partial charge in [-0.3, -0.25) is 4.90 Å². The normalized spacial score (nSPS) is 24.2. The Morgan fingerprint density at radius 2 is 2.06 bits per heavy atom. The van der Waals surface area contributed by atoms with Gasteiger partial charge in [0, 0.05) is 31.7 Å². The highest BCUT2D eigenvalue weighted by atomic mass is 19.1. The van der Waals surface area contributed by atoms with E-state index >= 15 is 0 Å². The van der Waals surface area contributed by atoms with Crippen LogP contribution in [-0.2, 0) is 0 Å². The zero-order valence-electron chi connectivity index (χ0n) is 11.4. The fourth-order valence-electron chi connectivity index (χ4n) is 2.47. The standard InChI is InChI=1S/C14H22FN3/c1-10-4-5-11(8-12(10)15)14(16)13-9-17(2)6-7-18(13)3/h4-5,8,13-14H,6-7,9,16H2,1-3H3. The van der Waals surface area contributed by atoms with Crippen LogP contribution in [0.25, 0.3) is 0 Å². The topological polar surface area (TPSA) is 32.5 Å². The molecule has 2 atom stereocenters. The van der Waals surface area contributed by atoms with Gasteiger partial charge in [-0.15, -0.1) is 0 Å². The maximum absolute atomic E-state index is 13.6. The minimum Gasteiger partial charge on any atom is -0.323 e. The van der Waals surface area contributed by atoms with Crippen LogP contribution in [0.2, 0.25) is 0 Å². The van der Waals surface area contributed by atoms with Gasteiger partial charge in [-0.2, -0.15) is 0 Å². The molecule has 1 saturated heterocycles. The van der Waals surface area contributed by atoms with Gasteiger partial charge in [-0.25, -0.2) is 4.39 Å². The number of aryl methyl sites for hydroxylation is 1. The molecule has 1 aromatic carbocycles. The summed E-state index contributed by atoms with van der Waals surface area (Å²) in [6.45, 7) is 4.75. The van der Waals surface area contributed by atoms with Crippen molar-refractivity contribution in [1.82, 2.24) is 9.80 Å². The fourth-order valence-corrected chi connectivity index (χ4v) is 2.47. The van der Waals surface area contributed by atoms with Crippen molar-refractivity contribution in [3.05, 3.63) is 35.1 Å². The van der Waals surface area contributed by atoms with Crippen molar-refractivity contribution in [2.45, 2.75) is 19.0 Å². The maximum atomic E-state index is 13.6. The summed E-state index contributed by atoms with van der Waals surface area (Å²) in [6, 6.07) is 5.41. The summed E-state index contributed by atoms with van der Waals surface area (Å²) in [5, 5.41) is 0. The van der Waals surface area contributed by atoms with E-state index in [0.29, 0.717) is 5.56 Å². The quantitative estimate of drug-likeness (QED) is 0.862. The monoisotopic (exact) mass is 251 g/mol. The molecule has 0 bridgehead atoms. The first-order chi connectivity index (χ1) is 8.49. The van der Waals surface area contributed by atoms with E-state index in [9.17, 15) is 4.39 Å². The van der Waals surface area contributed by atoms with Crippen LogP contribution in [0.5, 0.6) is 0 Å². The lowest BCUT2D eigenvalue weighted by Gasteiger charge is -2.40. The summed E-state index contributed by atoms with van der Waals surface area (Å²) < 4.78 is 13.6. The van der Waals surface area contributed by atoms with Gasteiger partial charge in [0.25, 0.3) is 0 Å². The average Bonchev–Trinajstić information content (AvgIpc) is 2.35. The first kappa shape index (κ1) is 13.5. The largest absolute Gasteiger partial charge is 0.323 e. The highest BCUT2D eigenvalue weighted by Crippen LogP contribution is 2.22. The second-order valence-electron chi connectivity index (χ2n) is 5.34. The zero-order valence-corrected chi connectivity index (χ0v) is 11.4. The Balaban J connectivity index is 2.18. The second kappa shape index (κ2) is 5.34. The van der Waals surface area contributed by atoms with Gasteiger partial charge in [0.2, 0.25) is 0 Å². The van der Waals surface area contributed by atoms with Crippen LogP contribution in [0.1, 0.15) is 17.2 Å². The highest BCUT2D eigenvalue weighted by molar-refractivity contribution is 5.26. The number of nitrogens with two attached hydrogens (primary N) is 1. The van der Waals surface area contributed by atoms with E-state index in [1.54, 1.807) is 19.1 Å². The van der Waals surface area contributed by atoms with Gasteiger partial charge in [-0.05, 0) is 38.2 Å². The Labute approximate surface area is 108 Å². The molecule has 0 radical (unpaired) electrons. The van der Waals surface area contributed by atoms with Crippen molar-refractivity contribution >= 4 is 0 Å². The molecule has 0 spiro atoms. The van der Waals surface area contributed by atoms with Crippen LogP contribution < -0.4 is 5.73 Å². The first-order valence-corrected chi connectivity index (χ1v) is 6.39. The molecular weight excluding hydrogens is 229 g/mol. The maximum Gasteiger partial charge on any atom is 0.126 e. The summed E-state index contributed by atoms with van der Waals surface area (Å²) in [5.41, 5.74) is 7.85. The number of nitrogens with zero attached hydrogens (tertiary/aromatic N) is 2. The molecule has 2 unspecified atom stereocenters.